The van der Waals surface area contributed by atoms with Crippen LogP contribution in [0.25, 0.3) is 0 Å². The molecule has 118 valence electrons. The molecule has 1 N–H and O–H groups in total. The highest BCUT2D eigenvalue weighted by molar-refractivity contribution is 5.77. The van der Waals surface area contributed by atoms with Gasteiger partial charge >= 0.3 is 0 Å². The first-order chi connectivity index (χ1) is 10.7. The van der Waals surface area contributed by atoms with E-state index in [-0.39, 0.29) is 18.0 Å². The second-order valence-electron chi connectivity index (χ2n) is 6.33. The Balaban J connectivity index is 1.64. The fraction of sp³-hybridized carbons (Fsp3) is 0.588. The van der Waals surface area contributed by atoms with Crippen LogP contribution in [-0.2, 0) is 11.3 Å². The molecule has 1 fully saturated rings. The number of piperidine rings is 1. The van der Waals surface area contributed by atoms with Gasteiger partial charge in [-0.2, -0.15) is 0 Å². The molecule has 2 atom stereocenters. The second-order valence-corrected chi connectivity index (χ2v) is 6.33. The third-order valence-electron chi connectivity index (χ3n) is 4.56. The molecular formula is C17H25N4O+. The Bertz CT molecular complexity index is 537. The van der Waals surface area contributed by atoms with Gasteiger partial charge in [-0.25, -0.2) is 0 Å². The zero-order valence-electron chi connectivity index (χ0n) is 13.2. The van der Waals surface area contributed by atoms with Gasteiger partial charge in [-0.1, -0.05) is 41.5 Å². The quantitative estimate of drug-likeness (QED) is 0.850. The molecule has 2 unspecified atom stereocenters. The van der Waals surface area contributed by atoms with Crippen molar-refractivity contribution in [2.75, 3.05) is 19.6 Å². The van der Waals surface area contributed by atoms with Crippen LogP contribution in [0.5, 0.6) is 0 Å². The molecule has 2 heterocycles. The minimum absolute atomic E-state index is 0.0446. The van der Waals surface area contributed by atoms with Gasteiger partial charge in [0, 0.05) is 13.3 Å². The number of likely N-dealkylation sites (tertiary alicyclic amines) is 1. The first-order valence-corrected chi connectivity index (χ1v) is 8.25. The Kier molecular flexibility index (Phi) is 4.83. The summed E-state index contributed by atoms with van der Waals surface area (Å²) in [7, 11) is 0. The molecule has 0 aromatic heterocycles. The van der Waals surface area contributed by atoms with Gasteiger partial charge < -0.3 is 0 Å². The van der Waals surface area contributed by atoms with Gasteiger partial charge in [-0.15, -0.1) is 0 Å². The molecule has 0 saturated carbocycles. The van der Waals surface area contributed by atoms with Gasteiger partial charge in [0.25, 0.3) is 11.9 Å². The summed E-state index contributed by atoms with van der Waals surface area (Å²) in [6.45, 7) is 5.26. The smallest absolute Gasteiger partial charge is 0.295 e. The first kappa shape index (κ1) is 15.2. The molecule has 2 aliphatic rings. The number of nitrogens with one attached hydrogen (secondary N) is 1. The Morgan fingerprint density at radius 2 is 2.00 bits per heavy atom. The number of hydrogen-bond donors (Lipinski definition) is 1. The summed E-state index contributed by atoms with van der Waals surface area (Å²) in [5.41, 5.74) is 1.29. The molecule has 2 aliphatic heterocycles. The predicted molar refractivity (Wildman–Crippen MR) is 85.2 cm³/mol. The van der Waals surface area contributed by atoms with E-state index in [9.17, 15) is 0 Å². The van der Waals surface area contributed by atoms with Gasteiger partial charge in [-0.3, -0.25) is 15.1 Å². The van der Waals surface area contributed by atoms with Crippen molar-refractivity contribution in [3.63, 3.8) is 0 Å². The van der Waals surface area contributed by atoms with Crippen molar-refractivity contribution in [3.8, 4) is 0 Å². The average Bonchev–Trinajstić information content (AvgIpc) is 2.90. The lowest BCUT2D eigenvalue weighted by atomic mass is 10.1. The van der Waals surface area contributed by atoms with E-state index in [2.05, 4.69) is 41.4 Å². The van der Waals surface area contributed by atoms with E-state index in [1.165, 1.54) is 24.8 Å². The molecule has 1 saturated heterocycles. The lowest BCUT2D eigenvalue weighted by molar-refractivity contribution is -0.645. The largest absolute Gasteiger partial charge is 0.296 e. The molecule has 0 amide bonds. The summed E-state index contributed by atoms with van der Waals surface area (Å²) in [6, 6.07) is 10.6. The van der Waals surface area contributed by atoms with Gasteiger partial charge in [0.2, 0.25) is 0 Å². The maximum Gasteiger partial charge on any atom is 0.295 e. The topological polar surface area (TPSA) is 51.7 Å². The van der Waals surface area contributed by atoms with Gasteiger partial charge in [0.15, 0.2) is 11.3 Å². The van der Waals surface area contributed by atoms with Gasteiger partial charge in [0.05, 0.1) is 6.54 Å². The lowest BCUT2D eigenvalue weighted by Crippen LogP contribution is -2.45. The van der Waals surface area contributed by atoms with E-state index in [4.69, 9.17) is 10.2 Å². The summed E-state index contributed by atoms with van der Waals surface area (Å²) in [6.07, 6.45) is 4.76. The van der Waals surface area contributed by atoms with Crippen molar-refractivity contribution >= 4 is 5.90 Å². The Morgan fingerprint density at radius 3 is 2.73 bits per heavy atom. The lowest BCUT2D eigenvalue weighted by Gasteiger charge is -2.26. The zero-order valence-corrected chi connectivity index (χ0v) is 13.2. The Labute approximate surface area is 132 Å². The van der Waals surface area contributed by atoms with Crippen LogP contribution in [0.2, 0.25) is 0 Å². The molecule has 22 heavy (non-hydrogen) atoms. The van der Waals surface area contributed by atoms with Crippen molar-refractivity contribution in [3.05, 3.63) is 35.9 Å². The summed E-state index contributed by atoms with van der Waals surface area (Å²) in [5, 5.41) is 12.2. The Hall–Kier alpha value is -1.75. The van der Waals surface area contributed by atoms with E-state index < -0.39 is 0 Å². The molecular weight excluding hydrogens is 276 g/mol. The molecule has 5 nitrogen and oxygen atoms in total. The average molecular weight is 301 g/mol. The van der Waals surface area contributed by atoms with Gasteiger partial charge in [-0.05, 0) is 31.5 Å². The molecule has 0 spiro atoms. The normalized spacial score (nSPS) is 24.0. The van der Waals surface area contributed by atoms with Crippen molar-refractivity contribution in [1.29, 1.82) is 5.41 Å². The molecule has 1 aromatic carbocycles. The summed E-state index contributed by atoms with van der Waals surface area (Å²) >= 11 is 0. The summed E-state index contributed by atoms with van der Waals surface area (Å²) in [5.74, 6) is 0.283. The molecule has 1 aromatic rings. The number of rotatable bonds is 5. The van der Waals surface area contributed by atoms with Crippen molar-refractivity contribution in [1.82, 2.24) is 4.90 Å². The van der Waals surface area contributed by atoms with E-state index >= 15 is 0 Å². The first-order valence-electron chi connectivity index (χ1n) is 8.25. The van der Waals surface area contributed by atoms with Crippen LogP contribution >= 0.6 is 0 Å². The maximum atomic E-state index is 8.04. The fourth-order valence-electron chi connectivity index (χ4n) is 3.32. The van der Waals surface area contributed by atoms with Crippen LogP contribution in [-0.4, -0.2) is 47.2 Å². The monoisotopic (exact) mass is 301 g/mol. The zero-order chi connectivity index (χ0) is 15.4. The number of hydrogen-bond acceptors (Lipinski definition) is 4. The van der Waals surface area contributed by atoms with Crippen LogP contribution in [0.3, 0.4) is 0 Å². The fourth-order valence-corrected chi connectivity index (χ4v) is 3.32. The number of benzene rings is 1. The summed E-state index contributed by atoms with van der Waals surface area (Å²) in [4.78, 5) is 7.63. The highest BCUT2D eigenvalue weighted by atomic mass is 16.7. The minimum atomic E-state index is -0.0446. The van der Waals surface area contributed by atoms with Crippen molar-refractivity contribution in [2.45, 2.75) is 44.7 Å². The minimum Gasteiger partial charge on any atom is -0.296 e. The standard InChI is InChI=1S/C17H25N4O/c1-14(12-15-8-4-2-5-9-15)21-16(17(18)22-19-21)13-20-10-6-3-7-11-20/h2,4-5,8-9,14,16,18H,3,6-7,10-13H2,1H3/q+1. The molecule has 0 aliphatic carbocycles. The highest BCUT2D eigenvalue weighted by Gasteiger charge is 2.41. The van der Waals surface area contributed by atoms with Crippen molar-refractivity contribution < 1.29 is 9.53 Å². The molecule has 0 bridgehead atoms. The van der Waals surface area contributed by atoms with E-state index in [0.29, 0.717) is 0 Å². The molecule has 0 radical (unpaired) electrons. The second kappa shape index (κ2) is 7.01. The Morgan fingerprint density at radius 1 is 1.27 bits per heavy atom. The van der Waals surface area contributed by atoms with Crippen LogP contribution < -0.4 is 0 Å². The van der Waals surface area contributed by atoms with Gasteiger partial charge in [0.1, 0.15) is 0 Å². The SMILES string of the molecule is CC(Cc1ccccc1)[N+]1=NOC(=N)C1CN1CCCCC1. The third kappa shape index (κ3) is 3.53. The highest BCUT2D eigenvalue weighted by Crippen LogP contribution is 2.17. The van der Waals surface area contributed by atoms with E-state index in [1.807, 2.05) is 10.8 Å². The third-order valence-corrected chi connectivity index (χ3v) is 4.56. The van der Waals surface area contributed by atoms with Crippen LogP contribution in [0.15, 0.2) is 35.6 Å². The van der Waals surface area contributed by atoms with Crippen LogP contribution in [0.4, 0.5) is 0 Å². The van der Waals surface area contributed by atoms with Crippen LogP contribution in [0.1, 0.15) is 31.7 Å². The predicted octanol–water partition coefficient (Wildman–Crippen LogP) is 2.86. The molecule has 5 heteroatoms. The summed E-state index contributed by atoms with van der Waals surface area (Å²) < 4.78 is 1.98. The van der Waals surface area contributed by atoms with E-state index in [0.717, 1.165) is 26.1 Å². The van der Waals surface area contributed by atoms with E-state index in [1.54, 1.807) is 0 Å². The maximum absolute atomic E-state index is 8.04. The number of nitrogens with zero attached hydrogens (tertiary/aromatic N) is 3. The molecule has 3 rings (SSSR count). The van der Waals surface area contributed by atoms with Crippen LogP contribution in [0, 0.1) is 5.41 Å². The van der Waals surface area contributed by atoms with Crippen molar-refractivity contribution in [2.24, 2.45) is 5.28 Å².